The summed E-state index contributed by atoms with van der Waals surface area (Å²) in [5.41, 5.74) is 4.07. The van der Waals surface area contributed by atoms with Crippen molar-refractivity contribution in [2.45, 2.75) is 51.9 Å². The number of hydrogen-bond acceptors (Lipinski definition) is 2. The fourth-order valence-electron chi connectivity index (χ4n) is 3.86. The molecule has 2 nitrogen and oxygen atoms in total. The van der Waals surface area contributed by atoms with Crippen LogP contribution in [-0.4, -0.2) is 4.98 Å². The van der Waals surface area contributed by atoms with E-state index in [4.69, 9.17) is 5.26 Å². The van der Waals surface area contributed by atoms with Crippen LogP contribution in [0.1, 0.15) is 56.6 Å². The van der Waals surface area contributed by atoms with Crippen LogP contribution in [0.2, 0.25) is 0 Å². The van der Waals surface area contributed by atoms with Gasteiger partial charge in [0, 0.05) is 11.8 Å². The predicted octanol–water partition coefficient (Wildman–Crippen LogP) is 5.77. The van der Waals surface area contributed by atoms with Crippen molar-refractivity contribution >= 4 is 0 Å². The van der Waals surface area contributed by atoms with E-state index in [9.17, 15) is 0 Å². The number of aryl methyl sites for hydroxylation is 1. The van der Waals surface area contributed by atoms with Gasteiger partial charge in [0.15, 0.2) is 0 Å². The Kier molecular flexibility index (Phi) is 5.64. The summed E-state index contributed by atoms with van der Waals surface area (Å²) in [4.78, 5) is 4.62. The Morgan fingerprint density at radius 2 is 1.88 bits per heavy atom. The summed E-state index contributed by atoms with van der Waals surface area (Å²) in [5.74, 6) is 1.86. The molecule has 2 aromatic rings. The van der Waals surface area contributed by atoms with Gasteiger partial charge in [-0.2, -0.15) is 5.26 Å². The van der Waals surface area contributed by atoms with Crippen molar-refractivity contribution in [2.24, 2.45) is 11.8 Å². The molecule has 2 heteroatoms. The van der Waals surface area contributed by atoms with Crippen molar-refractivity contribution < 1.29 is 0 Å². The molecule has 0 amide bonds. The van der Waals surface area contributed by atoms with Gasteiger partial charge in [-0.1, -0.05) is 50.8 Å². The molecule has 1 aliphatic rings. The summed E-state index contributed by atoms with van der Waals surface area (Å²) in [6.07, 6.45) is 11.5. The van der Waals surface area contributed by atoms with Gasteiger partial charge in [0.2, 0.25) is 0 Å². The lowest BCUT2D eigenvalue weighted by atomic mass is 9.78. The van der Waals surface area contributed by atoms with Crippen LogP contribution in [0.25, 0.3) is 11.3 Å². The van der Waals surface area contributed by atoms with E-state index >= 15 is 0 Å². The quantitative estimate of drug-likeness (QED) is 0.701. The Morgan fingerprint density at radius 3 is 2.54 bits per heavy atom. The lowest BCUT2D eigenvalue weighted by Gasteiger charge is -2.28. The predicted molar refractivity (Wildman–Crippen MR) is 98.4 cm³/mol. The zero-order valence-corrected chi connectivity index (χ0v) is 14.5. The van der Waals surface area contributed by atoms with Crippen LogP contribution in [0.3, 0.4) is 0 Å². The number of nitrogens with zero attached hydrogens (tertiary/aromatic N) is 2. The molecule has 3 rings (SSSR count). The molecular formula is C22H26N2. The van der Waals surface area contributed by atoms with E-state index in [1.807, 2.05) is 30.5 Å². The molecule has 1 saturated carbocycles. The number of aromatic nitrogens is 1. The van der Waals surface area contributed by atoms with Gasteiger partial charge in [0.1, 0.15) is 0 Å². The Labute approximate surface area is 145 Å². The van der Waals surface area contributed by atoms with Crippen molar-refractivity contribution in [3.63, 3.8) is 0 Å². The molecule has 24 heavy (non-hydrogen) atoms. The van der Waals surface area contributed by atoms with Gasteiger partial charge in [-0.05, 0) is 54.9 Å². The third kappa shape index (κ3) is 4.23. The SMILES string of the molecule is CCC1CCCC(CCc2ccc(-c3ccc(C#N)cc3)nc2)C1. The number of rotatable bonds is 5. The maximum absolute atomic E-state index is 8.87. The number of nitriles is 1. The van der Waals surface area contributed by atoms with E-state index in [0.717, 1.165) is 29.5 Å². The Hall–Kier alpha value is -2.14. The number of benzene rings is 1. The average Bonchev–Trinajstić information content (AvgIpc) is 2.67. The highest BCUT2D eigenvalue weighted by Gasteiger charge is 2.20. The second kappa shape index (κ2) is 8.11. The van der Waals surface area contributed by atoms with Crippen molar-refractivity contribution in [2.75, 3.05) is 0 Å². The first-order valence-corrected chi connectivity index (χ1v) is 9.24. The van der Waals surface area contributed by atoms with Crippen LogP contribution in [0.4, 0.5) is 0 Å². The van der Waals surface area contributed by atoms with E-state index < -0.39 is 0 Å². The first-order chi connectivity index (χ1) is 11.8. The van der Waals surface area contributed by atoms with E-state index in [0.29, 0.717) is 5.56 Å². The largest absolute Gasteiger partial charge is 0.256 e. The smallest absolute Gasteiger partial charge is 0.0991 e. The van der Waals surface area contributed by atoms with Crippen molar-refractivity contribution in [1.29, 1.82) is 5.26 Å². The highest BCUT2D eigenvalue weighted by molar-refractivity contribution is 5.60. The molecule has 0 aliphatic heterocycles. The summed E-state index contributed by atoms with van der Waals surface area (Å²) in [6.45, 7) is 2.33. The molecule has 0 bridgehead atoms. The van der Waals surface area contributed by atoms with Crippen LogP contribution in [0, 0.1) is 23.2 Å². The van der Waals surface area contributed by atoms with E-state index in [2.05, 4.69) is 30.1 Å². The molecule has 2 atom stereocenters. The highest BCUT2D eigenvalue weighted by Crippen LogP contribution is 2.33. The van der Waals surface area contributed by atoms with Gasteiger partial charge in [-0.3, -0.25) is 4.98 Å². The standard InChI is InChI=1S/C22H26N2/c1-2-17-4-3-5-18(14-17)6-7-20-10-13-22(24-16-20)21-11-8-19(15-23)9-12-21/h8-13,16-18H,2-7,14H2,1H3. The van der Waals surface area contributed by atoms with Crippen molar-refractivity contribution in [1.82, 2.24) is 4.98 Å². The van der Waals surface area contributed by atoms with Crippen LogP contribution >= 0.6 is 0 Å². The molecule has 1 aromatic heterocycles. The molecule has 2 unspecified atom stereocenters. The average molecular weight is 318 g/mol. The lowest BCUT2D eigenvalue weighted by Crippen LogP contribution is -2.15. The lowest BCUT2D eigenvalue weighted by molar-refractivity contribution is 0.250. The fraction of sp³-hybridized carbons (Fsp3) is 0.455. The molecule has 0 saturated heterocycles. The summed E-state index contributed by atoms with van der Waals surface area (Å²) in [6, 6.07) is 14.1. The molecule has 0 N–H and O–H groups in total. The van der Waals surface area contributed by atoms with Gasteiger partial charge < -0.3 is 0 Å². The van der Waals surface area contributed by atoms with Gasteiger partial charge in [-0.25, -0.2) is 0 Å². The van der Waals surface area contributed by atoms with E-state index in [-0.39, 0.29) is 0 Å². The maximum atomic E-state index is 8.87. The molecular weight excluding hydrogens is 292 g/mol. The minimum absolute atomic E-state index is 0.688. The Bertz CT molecular complexity index is 679. The Morgan fingerprint density at radius 1 is 1.08 bits per heavy atom. The minimum atomic E-state index is 0.688. The van der Waals surface area contributed by atoms with E-state index in [1.165, 1.54) is 44.1 Å². The first-order valence-electron chi connectivity index (χ1n) is 9.24. The van der Waals surface area contributed by atoms with Crippen LogP contribution < -0.4 is 0 Å². The maximum Gasteiger partial charge on any atom is 0.0991 e. The zero-order chi connectivity index (χ0) is 16.8. The number of pyridine rings is 1. The molecule has 1 heterocycles. The summed E-state index contributed by atoms with van der Waals surface area (Å²) >= 11 is 0. The molecule has 1 fully saturated rings. The molecule has 1 aromatic carbocycles. The third-order valence-corrected chi connectivity index (χ3v) is 5.44. The third-order valence-electron chi connectivity index (χ3n) is 5.44. The fourth-order valence-corrected chi connectivity index (χ4v) is 3.86. The van der Waals surface area contributed by atoms with Gasteiger partial charge >= 0.3 is 0 Å². The molecule has 0 spiro atoms. The zero-order valence-electron chi connectivity index (χ0n) is 14.5. The van der Waals surface area contributed by atoms with Crippen LogP contribution in [-0.2, 0) is 6.42 Å². The second-order valence-electron chi connectivity index (χ2n) is 7.09. The monoisotopic (exact) mass is 318 g/mol. The van der Waals surface area contributed by atoms with Crippen LogP contribution in [0.15, 0.2) is 42.6 Å². The van der Waals surface area contributed by atoms with Crippen LogP contribution in [0.5, 0.6) is 0 Å². The van der Waals surface area contributed by atoms with Gasteiger partial charge in [0.05, 0.1) is 17.3 Å². The van der Waals surface area contributed by atoms with E-state index in [1.54, 1.807) is 0 Å². The number of hydrogen-bond donors (Lipinski definition) is 0. The summed E-state index contributed by atoms with van der Waals surface area (Å²) in [5, 5.41) is 8.87. The summed E-state index contributed by atoms with van der Waals surface area (Å²) in [7, 11) is 0. The summed E-state index contributed by atoms with van der Waals surface area (Å²) < 4.78 is 0. The minimum Gasteiger partial charge on any atom is -0.256 e. The normalized spacial score (nSPS) is 20.5. The van der Waals surface area contributed by atoms with Crippen molar-refractivity contribution in [3.05, 3.63) is 53.7 Å². The second-order valence-corrected chi connectivity index (χ2v) is 7.09. The highest BCUT2D eigenvalue weighted by atomic mass is 14.7. The topological polar surface area (TPSA) is 36.7 Å². The molecule has 1 aliphatic carbocycles. The molecule has 0 radical (unpaired) electrons. The Balaban J connectivity index is 1.57. The van der Waals surface area contributed by atoms with Gasteiger partial charge in [0.25, 0.3) is 0 Å². The molecule has 124 valence electrons. The van der Waals surface area contributed by atoms with Gasteiger partial charge in [-0.15, -0.1) is 0 Å². The first kappa shape index (κ1) is 16.7. The van der Waals surface area contributed by atoms with Crippen molar-refractivity contribution in [3.8, 4) is 17.3 Å².